The molecule has 0 radical (unpaired) electrons. The Hall–Kier alpha value is -3.59. The van der Waals surface area contributed by atoms with E-state index in [4.69, 9.17) is 13.9 Å². The van der Waals surface area contributed by atoms with Crippen LogP contribution in [0.15, 0.2) is 52.9 Å². The molecule has 1 atom stereocenters. The number of ether oxygens (including phenoxy) is 2. The van der Waals surface area contributed by atoms with Gasteiger partial charge in [0.05, 0.1) is 17.1 Å². The van der Waals surface area contributed by atoms with Gasteiger partial charge in [-0.2, -0.15) is 0 Å². The molecule has 9 heteroatoms. The Morgan fingerprint density at radius 1 is 1.21 bits per heavy atom. The first-order valence-corrected chi connectivity index (χ1v) is 8.35. The molecule has 1 heterocycles. The number of nitro groups is 1. The Morgan fingerprint density at radius 2 is 1.96 bits per heavy atom. The average molecular weight is 383 g/mol. The third-order valence-corrected chi connectivity index (χ3v) is 3.87. The van der Waals surface area contributed by atoms with Gasteiger partial charge in [0.15, 0.2) is 6.10 Å². The van der Waals surface area contributed by atoms with Crippen molar-refractivity contribution >= 4 is 11.7 Å². The Labute approximate surface area is 160 Å². The number of hydrogen-bond acceptors (Lipinski definition) is 8. The Balaban J connectivity index is 1.70. The van der Waals surface area contributed by atoms with E-state index in [9.17, 15) is 14.9 Å². The quantitative estimate of drug-likeness (QED) is 0.344. The summed E-state index contributed by atoms with van der Waals surface area (Å²) in [5.74, 6) is -0.231. The Morgan fingerprint density at radius 3 is 2.64 bits per heavy atom. The summed E-state index contributed by atoms with van der Waals surface area (Å²) in [6.45, 7) is 2.00. The predicted molar refractivity (Wildman–Crippen MR) is 97.4 cm³/mol. The summed E-state index contributed by atoms with van der Waals surface area (Å²) < 4.78 is 16.0. The number of benzene rings is 2. The molecule has 28 heavy (non-hydrogen) atoms. The van der Waals surface area contributed by atoms with E-state index in [1.54, 1.807) is 32.2 Å². The maximum absolute atomic E-state index is 12.3. The van der Waals surface area contributed by atoms with Crippen molar-refractivity contribution in [3.8, 4) is 11.5 Å². The van der Waals surface area contributed by atoms with E-state index >= 15 is 0 Å². The molecule has 0 fully saturated rings. The molecule has 3 aromatic rings. The highest BCUT2D eigenvalue weighted by Crippen LogP contribution is 2.25. The molecule has 0 bridgehead atoms. The SMILES string of the molecule is COCc1cccc(C(=O)O[C@H](C)c2nnc(-c3ccc([N+](=O)[O-])cc3)o2)c1. The maximum Gasteiger partial charge on any atom is 0.338 e. The number of carbonyl (C=O) groups excluding carboxylic acids is 1. The van der Waals surface area contributed by atoms with Crippen LogP contribution in [0.2, 0.25) is 0 Å². The van der Waals surface area contributed by atoms with Crippen molar-refractivity contribution in [1.82, 2.24) is 10.2 Å². The first-order valence-electron chi connectivity index (χ1n) is 8.35. The number of rotatable bonds is 7. The van der Waals surface area contributed by atoms with Crippen LogP contribution in [0.25, 0.3) is 11.5 Å². The van der Waals surface area contributed by atoms with E-state index < -0.39 is 17.0 Å². The second-order valence-electron chi connectivity index (χ2n) is 5.93. The first-order chi connectivity index (χ1) is 13.5. The number of carbonyl (C=O) groups is 1. The smallest absolute Gasteiger partial charge is 0.338 e. The van der Waals surface area contributed by atoms with Gasteiger partial charge in [-0.3, -0.25) is 10.1 Å². The normalized spacial score (nSPS) is 11.8. The zero-order valence-electron chi connectivity index (χ0n) is 15.2. The van der Waals surface area contributed by atoms with Crippen molar-refractivity contribution in [3.63, 3.8) is 0 Å². The minimum absolute atomic E-state index is 0.0403. The summed E-state index contributed by atoms with van der Waals surface area (Å²) in [7, 11) is 1.57. The van der Waals surface area contributed by atoms with E-state index in [0.717, 1.165) is 5.56 Å². The van der Waals surface area contributed by atoms with Gasteiger partial charge in [0.25, 0.3) is 11.6 Å². The van der Waals surface area contributed by atoms with Gasteiger partial charge < -0.3 is 13.9 Å². The van der Waals surface area contributed by atoms with Crippen molar-refractivity contribution in [3.05, 3.63) is 75.7 Å². The van der Waals surface area contributed by atoms with Gasteiger partial charge in [-0.1, -0.05) is 12.1 Å². The number of nitrogens with zero attached hydrogens (tertiary/aromatic N) is 3. The molecule has 0 spiro atoms. The van der Waals surface area contributed by atoms with Crippen LogP contribution in [0.4, 0.5) is 5.69 Å². The molecule has 2 aromatic carbocycles. The zero-order chi connectivity index (χ0) is 20.1. The fourth-order valence-electron chi connectivity index (χ4n) is 2.47. The van der Waals surface area contributed by atoms with Crippen LogP contribution in [0, 0.1) is 10.1 Å². The summed E-state index contributed by atoms with van der Waals surface area (Å²) in [4.78, 5) is 22.6. The molecule has 0 aliphatic heterocycles. The monoisotopic (exact) mass is 383 g/mol. The lowest BCUT2D eigenvalue weighted by atomic mass is 10.1. The van der Waals surface area contributed by atoms with Gasteiger partial charge >= 0.3 is 5.97 Å². The van der Waals surface area contributed by atoms with Gasteiger partial charge in [-0.25, -0.2) is 4.79 Å². The van der Waals surface area contributed by atoms with E-state index in [2.05, 4.69) is 10.2 Å². The molecule has 0 saturated heterocycles. The van der Waals surface area contributed by atoms with Gasteiger partial charge in [0.2, 0.25) is 5.89 Å². The standard InChI is InChI=1S/C19H17N3O6/c1-12(27-19(23)15-5-3-4-13(10-15)11-26-2)17-20-21-18(28-17)14-6-8-16(9-7-14)22(24)25/h3-10,12H,11H2,1-2H3/t12-/m1/s1. The Bertz CT molecular complexity index is 983. The highest BCUT2D eigenvalue weighted by atomic mass is 16.6. The van der Waals surface area contributed by atoms with Gasteiger partial charge in [0, 0.05) is 24.8 Å². The van der Waals surface area contributed by atoms with Crippen LogP contribution in [-0.4, -0.2) is 28.2 Å². The van der Waals surface area contributed by atoms with Gasteiger partial charge in [-0.15, -0.1) is 10.2 Å². The number of aromatic nitrogens is 2. The van der Waals surface area contributed by atoms with Crippen molar-refractivity contribution in [2.24, 2.45) is 0 Å². The number of non-ortho nitro benzene ring substituents is 1. The van der Waals surface area contributed by atoms with E-state index in [-0.39, 0.29) is 17.5 Å². The molecule has 0 aliphatic carbocycles. The first kappa shape index (κ1) is 19.2. The van der Waals surface area contributed by atoms with Crippen LogP contribution < -0.4 is 0 Å². The lowest BCUT2D eigenvalue weighted by Gasteiger charge is -2.10. The van der Waals surface area contributed by atoms with Crippen molar-refractivity contribution in [2.45, 2.75) is 19.6 Å². The molecule has 0 unspecified atom stereocenters. The summed E-state index contributed by atoms with van der Waals surface area (Å²) >= 11 is 0. The largest absolute Gasteiger partial charge is 0.449 e. The topological polar surface area (TPSA) is 118 Å². The molecular formula is C19H17N3O6. The van der Waals surface area contributed by atoms with Crippen LogP contribution in [0.1, 0.15) is 34.8 Å². The third kappa shape index (κ3) is 4.38. The summed E-state index contributed by atoms with van der Waals surface area (Å²) in [6.07, 6.45) is -0.766. The number of nitro benzene ring substituents is 1. The highest BCUT2D eigenvalue weighted by Gasteiger charge is 2.20. The molecule has 0 amide bonds. The van der Waals surface area contributed by atoms with E-state index in [1.807, 2.05) is 6.07 Å². The van der Waals surface area contributed by atoms with Crippen LogP contribution in [-0.2, 0) is 16.1 Å². The second-order valence-corrected chi connectivity index (χ2v) is 5.93. The van der Waals surface area contributed by atoms with E-state index in [1.165, 1.54) is 24.3 Å². The van der Waals surface area contributed by atoms with Crippen LogP contribution in [0.5, 0.6) is 0 Å². The van der Waals surface area contributed by atoms with Crippen LogP contribution in [0.3, 0.4) is 0 Å². The summed E-state index contributed by atoms with van der Waals surface area (Å²) in [5.41, 5.74) is 1.72. The van der Waals surface area contributed by atoms with Crippen molar-refractivity contribution < 1.29 is 23.6 Å². The second kappa shape index (κ2) is 8.40. The fraction of sp³-hybridized carbons (Fsp3) is 0.211. The molecule has 144 valence electrons. The van der Waals surface area contributed by atoms with Crippen molar-refractivity contribution in [2.75, 3.05) is 7.11 Å². The molecular weight excluding hydrogens is 366 g/mol. The zero-order valence-corrected chi connectivity index (χ0v) is 15.2. The number of methoxy groups -OCH3 is 1. The number of esters is 1. The average Bonchev–Trinajstić information content (AvgIpc) is 3.19. The predicted octanol–water partition coefficient (Wildman–Crippen LogP) is 3.71. The van der Waals surface area contributed by atoms with Gasteiger partial charge in [0.1, 0.15) is 0 Å². The minimum atomic E-state index is -0.766. The molecule has 9 nitrogen and oxygen atoms in total. The molecule has 3 rings (SSSR count). The van der Waals surface area contributed by atoms with Gasteiger partial charge in [-0.05, 0) is 36.8 Å². The van der Waals surface area contributed by atoms with Crippen LogP contribution >= 0.6 is 0 Å². The Kier molecular flexibility index (Phi) is 5.75. The maximum atomic E-state index is 12.3. The molecule has 0 N–H and O–H groups in total. The highest BCUT2D eigenvalue weighted by molar-refractivity contribution is 5.89. The third-order valence-electron chi connectivity index (χ3n) is 3.87. The number of hydrogen-bond donors (Lipinski definition) is 0. The van der Waals surface area contributed by atoms with Crippen molar-refractivity contribution in [1.29, 1.82) is 0 Å². The lowest BCUT2D eigenvalue weighted by molar-refractivity contribution is -0.384. The summed E-state index contributed by atoms with van der Waals surface area (Å²) in [5, 5.41) is 18.5. The fourth-order valence-corrected chi connectivity index (χ4v) is 2.47. The lowest BCUT2D eigenvalue weighted by Crippen LogP contribution is -2.10. The molecule has 0 saturated carbocycles. The minimum Gasteiger partial charge on any atom is -0.449 e. The molecule has 1 aromatic heterocycles. The van der Waals surface area contributed by atoms with E-state index in [0.29, 0.717) is 17.7 Å². The molecule has 0 aliphatic rings. The summed E-state index contributed by atoms with van der Waals surface area (Å²) in [6, 6.07) is 12.6.